The Morgan fingerprint density at radius 2 is 1.90 bits per heavy atom. The molecule has 20 heavy (non-hydrogen) atoms. The van der Waals surface area contributed by atoms with Crippen LogP contribution in [0.5, 0.6) is 0 Å². The van der Waals surface area contributed by atoms with E-state index in [0.717, 1.165) is 5.56 Å². The number of hydrogen-bond donors (Lipinski definition) is 1. The van der Waals surface area contributed by atoms with Gasteiger partial charge in [0.2, 0.25) is 15.0 Å². The third kappa shape index (κ3) is 3.05. The van der Waals surface area contributed by atoms with Gasteiger partial charge >= 0.3 is 0 Å². The molecule has 0 radical (unpaired) electrons. The van der Waals surface area contributed by atoms with Gasteiger partial charge in [-0.1, -0.05) is 37.3 Å². The lowest BCUT2D eigenvalue weighted by Gasteiger charge is -2.09. The number of hydrogen-bond acceptors (Lipinski definition) is 5. The Morgan fingerprint density at radius 1 is 1.20 bits per heavy atom. The van der Waals surface area contributed by atoms with Gasteiger partial charge in [0.25, 0.3) is 0 Å². The Kier molecular flexibility index (Phi) is 4.51. The summed E-state index contributed by atoms with van der Waals surface area (Å²) in [5.74, 6) is 0.603. The van der Waals surface area contributed by atoms with Crippen molar-refractivity contribution in [3.05, 3.63) is 41.7 Å². The third-order valence-corrected chi connectivity index (χ3v) is 4.62. The first kappa shape index (κ1) is 14.7. The van der Waals surface area contributed by atoms with Crippen LogP contribution in [0.25, 0.3) is 0 Å². The number of rotatable bonds is 6. The van der Waals surface area contributed by atoms with Crippen LogP contribution in [0.1, 0.15) is 18.3 Å². The van der Waals surface area contributed by atoms with Gasteiger partial charge in [0.1, 0.15) is 5.82 Å². The first-order valence-corrected chi connectivity index (χ1v) is 8.12. The van der Waals surface area contributed by atoms with Crippen LogP contribution < -0.4 is 5.73 Å². The van der Waals surface area contributed by atoms with E-state index in [1.807, 2.05) is 30.3 Å². The Bertz CT molecular complexity index is 665. The van der Waals surface area contributed by atoms with E-state index in [-0.39, 0.29) is 10.9 Å². The smallest absolute Gasteiger partial charge is 0.250 e. The Balaban J connectivity index is 2.45. The van der Waals surface area contributed by atoms with E-state index in [1.165, 1.54) is 0 Å². The highest BCUT2D eigenvalue weighted by Crippen LogP contribution is 2.14. The highest BCUT2D eigenvalue weighted by Gasteiger charge is 2.22. The molecular weight excluding hydrogens is 276 g/mol. The minimum Gasteiger partial charge on any atom is -0.330 e. The maximum Gasteiger partial charge on any atom is 0.250 e. The average molecular weight is 294 g/mol. The molecule has 108 valence electrons. The predicted octanol–water partition coefficient (Wildman–Crippen LogP) is 0.621. The largest absolute Gasteiger partial charge is 0.330 e. The molecule has 1 heterocycles. The number of benzene rings is 1. The Hall–Kier alpha value is -1.73. The van der Waals surface area contributed by atoms with E-state index in [4.69, 9.17) is 5.73 Å². The topological polar surface area (TPSA) is 90.9 Å². The highest BCUT2D eigenvalue weighted by atomic mass is 32.2. The van der Waals surface area contributed by atoms with Crippen molar-refractivity contribution in [2.75, 3.05) is 12.3 Å². The summed E-state index contributed by atoms with van der Waals surface area (Å²) < 4.78 is 25.8. The molecule has 0 atom stereocenters. The van der Waals surface area contributed by atoms with Crippen LogP contribution in [-0.4, -0.2) is 35.5 Å². The van der Waals surface area contributed by atoms with Crippen molar-refractivity contribution < 1.29 is 8.42 Å². The van der Waals surface area contributed by atoms with E-state index < -0.39 is 9.84 Å². The molecule has 6 nitrogen and oxygen atoms in total. The Morgan fingerprint density at radius 3 is 2.50 bits per heavy atom. The molecule has 0 spiro atoms. The van der Waals surface area contributed by atoms with Crippen molar-refractivity contribution in [1.29, 1.82) is 0 Å². The van der Waals surface area contributed by atoms with E-state index in [1.54, 1.807) is 11.5 Å². The lowest BCUT2D eigenvalue weighted by Crippen LogP contribution is -2.17. The predicted molar refractivity (Wildman–Crippen MR) is 76.1 cm³/mol. The molecule has 0 fully saturated rings. The summed E-state index contributed by atoms with van der Waals surface area (Å²) in [7, 11) is -3.40. The molecular formula is C13H18N4O2S. The molecule has 0 aliphatic heterocycles. The summed E-state index contributed by atoms with van der Waals surface area (Å²) >= 11 is 0. The zero-order valence-electron chi connectivity index (χ0n) is 11.4. The van der Waals surface area contributed by atoms with Crippen LogP contribution in [-0.2, 0) is 22.8 Å². The highest BCUT2D eigenvalue weighted by molar-refractivity contribution is 7.91. The summed E-state index contributed by atoms with van der Waals surface area (Å²) in [6, 6.07) is 9.62. The van der Waals surface area contributed by atoms with E-state index in [2.05, 4.69) is 10.2 Å². The second-order valence-electron chi connectivity index (χ2n) is 4.41. The summed E-state index contributed by atoms with van der Waals surface area (Å²) in [6.07, 6.45) is 0.499. The molecule has 0 saturated carbocycles. The first-order valence-electron chi connectivity index (χ1n) is 6.47. The fourth-order valence-corrected chi connectivity index (χ4v) is 2.85. The second kappa shape index (κ2) is 6.15. The zero-order chi connectivity index (χ0) is 14.6. The monoisotopic (exact) mass is 294 g/mol. The molecule has 2 aromatic rings. The van der Waals surface area contributed by atoms with Crippen molar-refractivity contribution in [2.45, 2.75) is 25.0 Å². The molecule has 0 unspecified atom stereocenters. The van der Waals surface area contributed by atoms with Gasteiger partial charge in [0.05, 0.1) is 12.3 Å². The standard InChI is InChI=1S/C13H18N4O2S/c1-2-20(18,19)13-16-15-12(8-9-14)17(13)10-11-6-4-3-5-7-11/h3-7H,2,8-10,14H2,1H3. The minimum atomic E-state index is -3.40. The van der Waals surface area contributed by atoms with Crippen molar-refractivity contribution >= 4 is 9.84 Å². The third-order valence-electron chi connectivity index (χ3n) is 3.00. The maximum atomic E-state index is 12.1. The molecule has 2 rings (SSSR count). The molecule has 1 aromatic carbocycles. The van der Waals surface area contributed by atoms with Gasteiger partial charge in [0, 0.05) is 6.42 Å². The Labute approximate surface area is 118 Å². The second-order valence-corrected chi connectivity index (χ2v) is 6.58. The lowest BCUT2D eigenvalue weighted by atomic mass is 10.2. The van der Waals surface area contributed by atoms with Gasteiger partial charge in [-0.3, -0.25) is 4.57 Å². The van der Waals surface area contributed by atoms with Crippen LogP contribution in [0.4, 0.5) is 0 Å². The first-order chi connectivity index (χ1) is 9.58. The maximum absolute atomic E-state index is 12.1. The van der Waals surface area contributed by atoms with Crippen molar-refractivity contribution in [1.82, 2.24) is 14.8 Å². The number of aromatic nitrogens is 3. The molecule has 2 N–H and O–H groups in total. The molecule has 0 aliphatic carbocycles. The molecule has 7 heteroatoms. The van der Waals surface area contributed by atoms with Crippen molar-refractivity contribution in [2.24, 2.45) is 5.73 Å². The van der Waals surface area contributed by atoms with Gasteiger partial charge in [-0.15, -0.1) is 10.2 Å². The van der Waals surface area contributed by atoms with Gasteiger partial charge in [-0.2, -0.15) is 0 Å². The van der Waals surface area contributed by atoms with Crippen LogP contribution >= 0.6 is 0 Å². The number of nitrogens with two attached hydrogens (primary N) is 1. The summed E-state index contributed by atoms with van der Waals surface area (Å²) in [6.45, 7) is 2.43. The van der Waals surface area contributed by atoms with Crippen molar-refractivity contribution in [3.8, 4) is 0 Å². The van der Waals surface area contributed by atoms with E-state index in [9.17, 15) is 8.42 Å². The normalized spacial score (nSPS) is 11.7. The van der Waals surface area contributed by atoms with Gasteiger partial charge in [0.15, 0.2) is 0 Å². The fraction of sp³-hybridized carbons (Fsp3) is 0.385. The van der Waals surface area contributed by atoms with Crippen molar-refractivity contribution in [3.63, 3.8) is 0 Å². The van der Waals surface area contributed by atoms with Gasteiger partial charge in [-0.05, 0) is 12.1 Å². The van der Waals surface area contributed by atoms with Gasteiger partial charge < -0.3 is 5.73 Å². The molecule has 0 bridgehead atoms. The van der Waals surface area contributed by atoms with Crippen LogP contribution in [0, 0.1) is 0 Å². The number of nitrogens with zero attached hydrogens (tertiary/aromatic N) is 3. The van der Waals surface area contributed by atoms with E-state index >= 15 is 0 Å². The molecule has 0 aliphatic rings. The SMILES string of the molecule is CCS(=O)(=O)c1nnc(CCN)n1Cc1ccccc1. The van der Waals surface area contributed by atoms with Gasteiger partial charge in [-0.25, -0.2) is 8.42 Å². The summed E-state index contributed by atoms with van der Waals surface area (Å²) in [5.41, 5.74) is 6.54. The summed E-state index contributed by atoms with van der Waals surface area (Å²) in [4.78, 5) is 0. The quantitative estimate of drug-likeness (QED) is 0.843. The lowest BCUT2D eigenvalue weighted by molar-refractivity contribution is 0.568. The summed E-state index contributed by atoms with van der Waals surface area (Å²) in [5, 5.41) is 7.83. The molecule has 0 saturated heterocycles. The minimum absolute atomic E-state index is 0.00253. The molecule has 0 amide bonds. The fourth-order valence-electron chi connectivity index (χ4n) is 1.92. The van der Waals surface area contributed by atoms with Crippen LogP contribution in [0.3, 0.4) is 0 Å². The molecule has 1 aromatic heterocycles. The van der Waals surface area contributed by atoms with E-state index in [0.29, 0.717) is 25.3 Å². The van der Waals surface area contributed by atoms with Crippen LogP contribution in [0.2, 0.25) is 0 Å². The van der Waals surface area contributed by atoms with Crippen LogP contribution in [0.15, 0.2) is 35.5 Å². The number of sulfone groups is 1. The average Bonchev–Trinajstić information content (AvgIpc) is 2.84. The zero-order valence-corrected chi connectivity index (χ0v) is 12.2.